The number of hydrogen-bond acceptors (Lipinski definition) is 2. The van der Waals surface area contributed by atoms with E-state index >= 15 is 0 Å². The topological polar surface area (TPSA) is 25.8 Å². The molecule has 0 bridgehead atoms. The SMILES string of the molecule is Brc1nc(-c2ccccn2)c(-c2ccccc2)c(-c2ccccc2)c1Br. The maximum absolute atomic E-state index is 4.81. The molecule has 0 saturated carbocycles. The number of halogens is 2. The Morgan fingerprint density at radius 3 is 1.77 bits per heavy atom. The molecule has 4 rings (SSSR count). The van der Waals surface area contributed by atoms with E-state index < -0.39 is 0 Å². The molecule has 0 aliphatic carbocycles. The summed E-state index contributed by atoms with van der Waals surface area (Å²) in [6.07, 6.45) is 1.80. The Balaban J connectivity index is 2.12. The second-order valence-electron chi connectivity index (χ2n) is 5.76. The molecule has 126 valence electrons. The molecule has 2 aromatic carbocycles. The summed E-state index contributed by atoms with van der Waals surface area (Å²) >= 11 is 7.35. The highest BCUT2D eigenvalue weighted by atomic mass is 79.9. The quantitative estimate of drug-likeness (QED) is 0.304. The van der Waals surface area contributed by atoms with Crippen LogP contribution in [0.3, 0.4) is 0 Å². The highest BCUT2D eigenvalue weighted by Crippen LogP contribution is 2.45. The van der Waals surface area contributed by atoms with Gasteiger partial charge in [-0.25, -0.2) is 4.98 Å². The van der Waals surface area contributed by atoms with Crippen LogP contribution in [0.2, 0.25) is 0 Å². The number of nitrogens with zero attached hydrogens (tertiary/aromatic N) is 2. The van der Waals surface area contributed by atoms with Crippen molar-refractivity contribution in [3.63, 3.8) is 0 Å². The monoisotopic (exact) mass is 464 g/mol. The summed E-state index contributed by atoms with van der Waals surface area (Å²) in [5.41, 5.74) is 6.08. The van der Waals surface area contributed by atoms with Gasteiger partial charge < -0.3 is 0 Å². The van der Waals surface area contributed by atoms with Crippen LogP contribution in [0, 0.1) is 0 Å². The van der Waals surface area contributed by atoms with Crippen LogP contribution >= 0.6 is 31.9 Å². The smallest absolute Gasteiger partial charge is 0.121 e. The molecule has 2 heterocycles. The summed E-state index contributed by atoms with van der Waals surface area (Å²) < 4.78 is 1.69. The van der Waals surface area contributed by atoms with E-state index in [1.165, 1.54) is 0 Å². The van der Waals surface area contributed by atoms with Gasteiger partial charge in [0.25, 0.3) is 0 Å². The number of hydrogen-bond donors (Lipinski definition) is 0. The van der Waals surface area contributed by atoms with Gasteiger partial charge in [0.05, 0.1) is 15.9 Å². The second-order valence-corrected chi connectivity index (χ2v) is 7.31. The Kier molecular flexibility index (Phi) is 4.96. The Morgan fingerprint density at radius 2 is 1.19 bits per heavy atom. The van der Waals surface area contributed by atoms with Crippen LogP contribution in [0.25, 0.3) is 33.6 Å². The van der Waals surface area contributed by atoms with Gasteiger partial charge in [-0.05, 0) is 55.1 Å². The van der Waals surface area contributed by atoms with Gasteiger partial charge in [-0.15, -0.1) is 0 Å². The first kappa shape index (κ1) is 17.1. The van der Waals surface area contributed by atoms with Gasteiger partial charge >= 0.3 is 0 Å². The molecule has 0 saturated heterocycles. The Hall–Kier alpha value is -2.30. The van der Waals surface area contributed by atoms with E-state index in [-0.39, 0.29) is 0 Å². The van der Waals surface area contributed by atoms with Crippen molar-refractivity contribution in [2.45, 2.75) is 0 Å². The lowest BCUT2D eigenvalue weighted by molar-refractivity contribution is 1.21. The van der Waals surface area contributed by atoms with Crippen molar-refractivity contribution in [3.8, 4) is 33.6 Å². The maximum atomic E-state index is 4.81. The minimum atomic E-state index is 0.761. The lowest BCUT2D eigenvalue weighted by Crippen LogP contribution is -1.98. The van der Waals surface area contributed by atoms with Crippen LogP contribution in [0.1, 0.15) is 0 Å². The fourth-order valence-electron chi connectivity index (χ4n) is 2.98. The van der Waals surface area contributed by atoms with Gasteiger partial charge in [0.1, 0.15) is 4.60 Å². The molecule has 4 heteroatoms. The third kappa shape index (κ3) is 3.22. The zero-order valence-electron chi connectivity index (χ0n) is 13.7. The third-order valence-electron chi connectivity index (χ3n) is 4.13. The van der Waals surface area contributed by atoms with E-state index in [2.05, 4.69) is 61.1 Å². The number of pyridine rings is 2. The Morgan fingerprint density at radius 1 is 0.615 bits per heavy atom. The molecule has 0 fully saturated rings. The molecule has 0 aliphatic rings. The van der Waals surface area contributed by atoms with Crippen molar-refractivity contribution in [2.75, 3.05) is 0 Å². The van der Waals surface area contributed by atoms with E-state index in [9.17, 15) is 0 Å². The second kappa shape index (κ2) is 7.52. The summed E-state index contributed by atoms with van der Waals surface area (Å²) in [6, 6.07) is 26.6. The van der Waals surface area contributed by atoms with Crippen LogP contribution in [0.5, 0.6) is 0 Å². The molecule has 2 nitrogen and oxygen atoms in total. The Labute approximate surface area is 169 Å². The molecule has 0 N–H and O–H groups in total. The summed E-state index contributed by atoms with van der Waals surface area (Å²) in [6.45, 7) is 0. The van der Waals surface area contributed by atoms with Gasteiger partial charge in [0.2, 0.25) is 0 Å². The van der Waals surface area contributed by atoms with Crippen LogP contribution in [-0.4, -0.2) is 9.97 Å². The molecule has 0 atom stereocenters. The molecule has 0 amide bonds. The van der Waals surface area contributed by atoms with Crippen LogP contribution in [0.15, 0.2) is 94.1 Å². The van der Waals surface area contributed by atoms with Crippen molar-refractivity contribution in [1.82, 2.24) is 9.97 Å². The van der Waals surface area contributed by atoms with Gasteiger partial charge in [-0.2, -0.15) is 0 Å². The fourth-order valence-corrected chi connectivity index (χ4v) is 3.88. The summed E-state index contributed by atoms with van der Waals surface area (Å²) in [5.74, 6) is 0. The Bertz CT molecular complexity index is 1030. The van der Waals surface area contributed by atoms with E-state index in [1.54, 1.807) is 6.20 Å². The zero-order valence-corrected chi connectivity index (χ0v) is 16.9. The largest absolute Gasteiger partial charge is 0.255 e. The average Bonchev–Trinajstić information content (AvgIpc) is 2.71. The third-order valence-corrected chi connectivity index (χ3v) is 6.01. The normalized spacial score (nSPS) is 10.7. The minimum absolute atomic E-state index is 0.761. The molecule has 0 radical (unpaired) electrons. The predicted octanol–water partition coefficient (Wildman–Crippen LogP) is 7.00. The van der Waals surface area contributed by atoms with Crippen LogP contribution in [0.4, 0.5) is 0 Å². The van der Waals surface area contributed by atoms with Gasteiger partial charge in [0.15, 0.2) is 0 Å². The first-order valence-corrected chi connectivity index (χ1v) is 9.75. The van der Waals surface area contributed by atoms with Crippen molar-refractivity contribution < 1.29 is 0 Å². The standard InChI is InChI=1S/C22H14Br2N2/c23-20-18(15-9-3-1-4-10-15)19(16-11-5-2-6-12-16)21(26-22(20)24)17-13-7-8-14-25-17/h1-14H. The van der Waals surface area contributed by atoms with E-state index in [0.717, 1.165) is 42.7 Å². The summed E-state index contributed by atoms with van der Waals surface area (Å²) in [4.78, 5) is 9.35. The summed E-state index contributed by atoms with van der Waals surface area (Å²) in [5, 5.41) is 0. The zero-order chi connectivity index (χ0) is 17.9. The first-order valence-electron chi connectivity index (χ1n) is 8.17. The molecular formula is C22H14Br2N2. The van der Waals surface area contributed by atoms with Crippen molar-refractivity contribution >= 4 is 31.9 Å². The predicted molar refractivity (Wildman–Crippen MR) is 114 cm³/mol. The molecule has 4 aromatic rings. The molecule has 0 unspecified atom stereocenters. The molecule has 2 aromatic heterocycles. The van der Waals surface area contributed by atoms with Crippen molar-refractivity contribution in [1.29, 1.82) is 0 Å². The number of aromatic nitrogens is 2. The fraction of sp³-hybridized carbons (Fsp3) is 0. The van der Waals surface area contributed by atoms with Crippen molar-refractivity contribution in [2.24, 2.45) is 0 Å². The minimum Gasteiger partial charge on any atom is -0.255 e. The van der Waals surface area contributed by atoms with E-state index in [4.69, 9.17) is 4.98 Å². The maximum Gasteiger partial charge on any atom is 0.121 e. The number of rotatable bonds is 3. The number of benzene rings is 2. The van der Waals surface area contributed by atoms with E-state index in [1.807, 2.05) is 54.6 Å². The van der Waals surface area contributed by atoms with E-state index in [0.29, 0.717) is 0 Å². The van der Waals surface area contributed by atoms with Gasteiger partial charge in [0, 0.05) is 17.3 Å². The summed E-state index contributed by atoms with van der Waals surface area (Å²) in [7, 11) is 0. The molecule has 0 spiro atoms. The highest BCUT2D eigenvalue weighted by Gasteiger charge is 2.21. The average molecular weight is 466 g/mol. The van der Waals surface area contributed by atoms with Gasteiger partial charge in [-0.3, -0.25) is 4.98 Å². The highest BCUT2D eigenvalue weighted by molar-refractivity contribution is 9.13. The van der Waals surface area contributed by atoms with Gasteiger partial charge in [-0.1, -0.05) is 66.7 Å². The lowest BCUT2D eigenvalue weighted by Gasteiger charge is -2.18. The van der Waals surface area contributed by atoms with Crippen molar-refractivity contribution in [3.05, 3.63) is 94.1 Å². The van der Waals surface area contributed by atoms with Crippen LogP contribution < -0.4 is 0 Å². The molecular weight excluding hydrogens is 452 g/mol. The molecule has 0 aliphatic heterocycles. The first-order chi connectivity index (χ1) is 12.8. The molecule has 26 heavy (non-hydrogen) atoms. The van der Waals surface area contributed by atoms with Crippen LogP contribution in [-0.2, 0) is 0 Å². The lowest BCUT2D eigenvalue weighted by atomic mass is 9.92.